The van der Waals surface area contributed by atoms with E-state index < -0.39 is 24.7 Å². The maximum Gasteiger partial charge on any atom is 0.349 e. The summed E-state index contributed by atoms with van der Waals surface area (Å²) < 4.78 is 34.8. The minimum absolute atomic E-state index is 0.0948. The lowest BCUT2D eigenvalue weighted by atomic mass is 9.97. The molecule has 5 nitrogen and oxygen atoms in total. The number of esters is 1. The molecule has 3 aliphatic rings. The Bertz CT molecular complexity index is 818. The summed E-state index contributed by atoms with van der Waals surface area (Å²) in [7, 11) is 0. The number of rotatable bonds is 4. The van der Waals surface area contributed by atoms with Gasteiger partial charge in [-0.3, -0.25) is 4.90 Å². The summed E-state index contributed by atoms with van der Waals surface area (Å²) in [4.78, 5) is 15.7. The predicted octanol–water partition coefficient (Wildman–Crippen LogP) is 2.20. The number of carbonyl (C=O) groups excluding carboxylic acids is 1. The first-order valence-corrected chi connectivity index (χ1v) is 10.0. The van der Waals surface area contributed by atoms with Gasteiger partial charge in [0, 0.05) is 29.0 Å². The molecule has 3 aliphatic heterocycles. The van der Waals surface area contributed by atoms with Crippen LogP contribution in [0.1, 0.15) is 26.7 Å². The number of nitrogens with zero attached hydrogens (tertiary/aromatic N) is 1. The van der Waals surface area contributed by atoms with Crippen LogP contribution in [0, 0.1) is 0 Å². The van der Waals surface area contributed by atoms with Crippen molar-refractivity contribution in [2.45, 2.75) is 48.8 Å². The Balaban J connectivity index is 1.38. The number of aliphatic hydroxyl groups is 1. The largest absolute Gasteiger partial charge is 0.460 e. The monoisotopic (exact) mass is 380 g/mol. The average molecular weight is 381 g/mol. The number of ether oxygens (including phenoxy) is 2. The minimum Gasteiger partial charge on any atom is -0.460 e. The molecular formula is C18H19NO4S2. The van der Waals surface area contributed by atoms with Gasteiger partial charge in [-0.1, -0.05) is 12.1 Å². The summed E-state index contributed by atoms with van der Waals surface area (Å²) in [6.07, 6.45) is 0.161. The van der Waals surface area contributed by atoms with E-state index in [0.29, 0.717) is 22.6 Å². The fourth-order valence-corrected chi connectivity index (χ4v) is 5.79. The summed E-state index contributed by atoms with van der Waals surface area (Å²) in [5.41, 5.74) is -1.85. The molecule has 5 rings (SSSR count). The van der Waals surface area contributed by atoms with Crippen molar-refractivity contribution in [3.05, 3.63) is 44.8 Å². The summed E-state index contributed by atoms with van der Waals surface area (Å²) >= 11 is 2.59. The molecule has 0 saturated carbocycles. The van der Waals surface area contributed by atoms with E-state index in [1.807, 2.05) is 0 Å². The van der Waals surface area contributed by atoms with Crippen molar-refractivity contribution >= 4 is 28.6 Å². The van der Waals surface area contributed by atoms with Gasteiger partial charge in [0.1, 0.15) is 18.3 Å². The van der Waals surface area contributed by atoms with Gasteiger partial charge in [-0.05, 0) is 29.9 Å². The Hall–Kier alpha value is -1.25. The molecule has 0 aliphatic carbocycles. The standard InChI is InChI=1S/C18H19NO4S2/c1-19-11-8-10(9-12(19)16-15(11)23-16)22-17(20)18(21,13-4-2-6-24-13)14-5-3-7-25-14/h2-7,10-12,15-16,21H,8-9H2,1H3/i1D3. The van der Waals surface area contributed by atoms with E-state index >= 15 is 0 Å². The van der Waals surface area contributed by atoms with E-state index in [2.05, 4.69) is 0 Å². The molecule has 0 aromatic carbocycles. The third-order valence-electron chi connectivity index (χ3n) is 5.37. The second kappa shape index (κ2) is 5.62. The second-order valence-corrected chi connectivity index (χ2v) is 8.67. The molecule has 7 heteroatoms. The molecule has 132 valence electrons. The number of hydrogen-bond donors (Lipinski definition) is 1. The van der Waals surface area contributed by atoms with Gasteiger partial charge < -0.3 is 14.6 Å². The van der Waals surface area contributed by atoms with Gasteiger partial charge in [0.2, 0.25) is 5.60 Å². The van der Waals surface area contributed by atoms with Gasteiger partial charge in [-0.25, -0.2) is 4.79 Å². The van der Waals surface area contributed by atoms with Gasteiger partial charge in [-0.2, -0.15) is 0 Å². The molecule has 5 heterocycles. The van der Waals surface area contributed by atoms with Crippen LogP contribution in [0.5, 0.6) is 0 Å². The zero-order valence-electron chi connectivity index (χ0n) is 16.2. The van der Waals surface area contributed by atoms with E-state index in [0.717, 1.165) is 0 Å². The van der Waals surface area contributed by atoms with Crippen LogP contribution >= 0.6 is 22.7 Å². The minimum atomic E-state index is -2.18. The SMILES string of the molecule is [2H]C([2H])([2H])N1C2CC(OC(=O)C(O)(c3cccs3)c3cccs3)CC1C1OC12. The smallest absolute Gasteiger partial charge is 0.349 e. The first-order chi connectivity index (χ1) is 13.3. The molecule has 2 aromatic heterocycles. The lowest BCUT2D eigenvalue weighted by Gasteiger charge is -2.38. The zero-order valence-corrected chi connectivity index (χ0v) is 14.8. The lowest BCUT2D eigenvalue weighted by Crippen LogP contribution is -2.49. The fraction of sp³-hybridized carbons (Fsp3) is 0.500. The predicted molar refractivity (Wildman–Crippen MR) is 94.8 cm³/mol. The van der Waals surface area contributed by atoms with Crippen LogP contribution in [0.2, 0.25) is 0 Å². The van der Waals surface area contributed by atoms with E-state index in [1.54, 1.807) is 39.9 Å². The quantitative estimate of drug-likeness (QED) is 0.651. The number of fused-ring (bicyclic) bond motifs is 5. The summed E-state index contributed by atoms with van der Waals surface area (Å²) in [6.45, 7) is -2.18. The number of epoxide rings is 1. The van der Waals surface area contributed by atoms with Crippen LogP contribution < -0.4 is 0 Å². The average Bonchev–Trinajstić information content (AvgIpc) is 3.03. The van der Waals surface area contributed by atoms with Crippen LogP contribution in [-0.4, -0.2) is 53.3 Å². The number of thiophene rings is 2. The van der Waals surface area contributed by atoms with Crippen molar-refractivity contribution in [2.75, 3.05) is 6.98 Å². The molecule has 4 atom stereocenters. The zero-order chi connectivity index (χ0) is 19.7. The molecule has 4 unspecified atom stereocenters. The second-order valence-electron chi connectivity index (χ2n) is 6.77. The number of morpholine rings is 1. The molecule has 0 radical (unpaired) electrons. The molecule has 0 spiro atoms. The van der Waals surface area contributed by atoms with E-state index in [4.69, 9.17) is 13.6 Å². The Morgan fingerprint density at radius 1 is 1.28 bits per heavy atom. The highest BCUT2D eigenvalue weighted by molar-refractivity contribution is 7.12. The molecular weight excluding hydrogens is 358 g/mol. The van der Waals surface area contributed by atoms with E-state index in [1.165, 1.54) is 22.7 Å². The van der Waals surface area contributed by atoms with Crippen LogP contribution in [0.3, 0.4) is 0 Å². The van der Waals surface area contributed by atoms with Crippen LogP contribution in [0.15, 0.2) is 35.0 Å². The molecule has 25 heavy (non-hydrogen) atoms. The topological polar surface area (TPSA) is 62.3 Å². The fourth-order valence-electron chi connectivity index (χ4n) is 4.07. The van der Waals surface area contributed by atoms with Crippen molar-refractivity contribution in [3.63, 3.8) is 0 Å². The van der Waals surface area contributed by atoms with E-state index in [-0.39, 0.29) is 24.3 Å². The Morgan fingerprint density at radius 3 is 2.36 bits per heavy atom. The molecule has 2 bridgehead atoms. The number of hydrogen-bond acceptors (Lipinski definition) is 7. The third-order valence-corrected chi connectivity index (χ3v) is 7.33. The van der Waals surface area contributed by atoms with Gasteiger partial charge in [-0.15, -0.1) is 22.7 Å². The maximum atomic E-state index is 13.1. The first-order valence-electron chi connectivity index (χ1n) is 9.75. The highest BCUT2D eigenvalue weighted by Gasteiger charge is 2.63. The van der Waals surface area contributed by atoms with Crippen molar-refractivity contribution in [3.8, 4) is 0 Å². The van der Waals surface area contributed by atoms with Crippen LogP contribution in [-0.2, 0) is 19.9 Å². The van der Waals surface area contributed by atoms with Crippen molar-refractivity contribution in [1.29, 1.82) is 0 Å². The summed E-state index contributed by atoms with van der Waals surface area (Å²) in [5.74, 6) is -0.710. The van der Waals surface area contributed by atoms with Crippen molar-refractivity contribution < 1.29 is 23.5 Å². The van der Waals surface area contributed by atoms with E-state index in [9.17, 15) is 9.90 Å². The van der Waals surface area contributed by atoms with Gasteiger partial charge in [0.05, 0.1) is 9.75 Å². The third kappa shape index (κ3) is 2.34. The molecule has 3 fully saturated rings. The van der Waals surface area contributed by atoms with Crippen molar-refractivity contribution in [2.24, 2.45) is 0 Å². The van der Waals surface area contributed by atoms with Crippen LogP contribution in [0.4, 0.5) is 0 Å². The van der Waals surface area contributed by atoms with Crippen molar-refractivity contribution in [1.82, 2.24) is 4.90 Å². The number of likely N-dealkylation sites (N-methyl/N-ethyl adjacent to an activating group) is 1. The van der Waals surface area contributed by atoms with Gasteiger partial charge in [0.25, 0.3) is 0 Å². The molecule has 2 aromatic rings. The highest BCUT2D eigenvalue weighted by atomic mass is 32.1. The highest BCUT2D eigenvalue weighted by Crippen LogP contribution is 2.48. The number of carbonyl (C=O) groups is 1. The Labute approximate surface area is 158 Å². The number of piperidine rings is 1. The molecule has 3 saturated heterocycles. The first kappa shape index (κ1) is 13.0. The van der Waals surface area contributed by atoms with Crippen LogP contribution in [0.25, 0.3) is 0 Å². The summed E-state index contributed by atoms with van der Waals surface area (Å²) in [6, 6.07) is 6.43. The lowest BCUT2D eigenvalue weighted by molar-refractivity contribution is -0.171. The van der Waals surface area contributed by atoms with Gasteiger partial charge >= 0.3 is 5.97 Å². The normalized spacial score (nSPS) is 36.2. The van der Waals surface area contributed by atoms with Gasteiger partial charge in [0.15, 0.2) is 0 Å². The summed E-state index contributed by atoms with van der Waals surface area (Å²) in [5, 5.41) is 15.0. The molecule has 1 N–H and O–H groups in total. The maximum absolute atomic E-state index is 13.1. The molecule has 0 amide bonds. The Morgan fingerprint density at radius 2 is 1.88 bits per heavy atom. The Kier molecular flexibility index (Phi) is 2.92.